The third kappa shape index (κ3) is 8.05. The van der Waals surface area contributed by atoms with Crippen molar-refractivity contribution in [3.8, 4) is 5.75 Å². The van der Waals surface area contributed by atoms with Crippen LogP contribution in [-0.2, 0) is 20.9 Å². The third-order valence-corrected chi connectivity index (χ3v) is 6.24. The number of hydrogen-bond donors (Lipinski definition) is 1. The average Bonchev–Trinajstić information content (AvgIpc) is 3.27. The second kappa shape index (κ2) is 12.8. The number of aryl methyl sites for hydroxylation is 2. The summed E-state index contributed by atoms with van der Waals surface area (Å²) in [6.45, 7) is 6.85. The van der Waals surface area contributed by atoms with Crippen LogP contribution in [0.5, 0.6) is 5.75 Å². The minimum atomic E-state index is -0.276. The molecule has 1 heterocycles. The summed E-state index contributed by atoms with van der Waals surface area (Å²) in [4.78, 5) is 31.4. The topological polar surface area (TPSA) is 80.8 Å². The number of methoxy groups -OCH3 is 1. The maximum atomic E-state index is 12.9. The van der Waals surface area contributed by atoms with E-state index in [1.165, 1.54) is 11.0 Å². The van der Waals surface area contributed by atoms with Gasteiger partial charge in [0.2, 0.25) is 11.8 Å². The molecule has 2 amide bonds. The van der Waals surface area contributed by atoms with Gasteiger partial charge in [0.25, 0.3) is 0 Å². The van der Waals surface area contributed by atoms with E-state index in [9.17, 15) is 9.59 Å². The third-order valence-electron chi connectivity index (χ3n) is 5.42. The predicted molar refractivity (Wildman–Crippen MR) is 140 cm³/mol. The van der Waals surface area contributed by atoms with Crippen LogP contribution in [0, 0.1) is 20.8 Å². The Hall–Kier alpha value is -3.49. The summed E-state index contributed by atoms with van der Waals surface area (Å²) < 4.78 is 11.0. The molecule has 2 aromatic carbocycles. The quantitative estimate of drug-likeness (QED) is 0.389. The highest BCUT2D eigenvalue weighted by Crippen LogP contribution is 2.19. The van der Waals surface area contributed by atoms with Crippen LogP contribution in [0.2, 0.25) is 0 Å². The number of carbonyl (C=O) groups excluding carboxylic acids is 2. The Bertz CT molecular complexity index is 1190. The Morgan fingerprint density at radius 3 is 2.69 bits per heavy atom. The molecule has 3 aromatic rings. The van der Waals surface area contributed by atoms with E-state index >= 15 is 0 Å². The summed E-state index contributed by atoms with van der Waals surface area (Å²) >= 11 is 1.59. The van der Waals surface area contributed by atoms with Crippen molar-refractivity contribution in [1.82, 2.24) is 9.88 Å². The van der Waals surface area contributed by atoms with Crippen molar-refractivity contribution in [3.63, 3.8) is 0 Å². The molecule has 1 N–H and O–H groups in total. The normalized spacial score (nSPS) is 11.0. The van der Waals surface area contributed by atoms with E-state index in [-0.39, 0.29) is 18.4 Å². The van der Waals surface area contributed by atoms with Crippen molar-refractivity contribution in [3.05, 3.63) is 81.3 Å². The van der Waals surface area contributed by atoms with Crippen LogP contribution >= 0.6 is 11.3 Å². The zero-order chi connectivity index (χ0) is 25.2. The van der Waals surface area contributed by atoms with Gasteiger partial charge >= 0.3 is 0 Å². The molecule has 184 valence electrons. The number of thiazole rings is 1. The summed E-state index contributed by atoms with van der Waals surface area (Å²) in [5.74, 6) is 0.154. The van der Waals surface area contributed by atoms with Gasteiger partial charge in [-0.05, 0) is 61.7 Å². The minimum absolute atomic E-state index is 0.0733. The summed E-state index contributed by atoms with van der Waals surface area (Å²) in [7, 11) is 1.56. The van der Waals surface area contributed by atoms with Gasteiger partial charge in [0.05, 0.1) is 17.3 Å². The fourth-order valence-corrected chi connectivity index (χ4v) is 3.93. The van der Waals surface area contributed by atoms with E-state index in [0.717, 1.165) is 33.1 Å². The molecule has 1 aromatic heterocycles. The molecule has 0 fully saturated rings. The summed E-state index contributed by atoms with van der Waals surface area (Å²) in [6, 6.07) is 13.2. The maximum absolute atomic E-state index is 12.9. The zero-order valence-electron chi connectivity index (χ0n) is 20.5. The van der Waals surface area contributed by atoms with Crippen LogP contribution in [0.4, 0.5) is 5.69 Å². The fourth-order valence-electron chi connectivity index (χ4n) is 3.33. The van der Waals surface area contributed by atoms with E-state index in [2.05, 4.69) is 10.3 Å². The molecule has 0 aliphatic carbocycles. The predicted octanol–water partition coefficient (Wildman–Crippen LogP) is 4.77. The van der Waals surface area contributed by atoms with E-state index in [1.54, 1.807) is 24.5 Å². The van der Waals surface area contributed by atoms with Gasteiger partial charge in [0, 0.05) is 30.8 Å². The summed E-state index contributed by atoms with van der Waals surface area (Å²) in [5, 5.41) is 5.88. The van der Waals surface area contributed by atoms with Crippen LogP contribution in [-0.4, -0.2) is 48.5 Å². The molecule has 35 heavy (non-hydrogen) atoms. The molecule has 0 aliphatic heterocycles. The zero-order valence-corrected chi connectivity index (χ0v) is 21.4. The second-order valence-electron chi connectivity index (χ2n) is 8.10. The highest BCUT2D eigenvalue weighted by Gasteiger charge is 2.16. The fraction of sp³-hybridized carbons (Fsp3) is 0.296. The SMILES string of the molecule is COCCN(CC(=O)Nc1cccc(C)c1C)C(=O)/C=C/c1cccc(OCc2csc(C)n2)c1. The molecule has 8 heteroatoms. The first-order valence-electron chi connectivity index (χ1n) is 11.3. The van der Waals surface area contributed by atoms with Gasteiger partial charge in [-0.2, -0.15) is 0 Å². The molecule has 0 saturated carbocycles. The Labute approximate surface area is 210 Å². The second-order valence-corrected chi connectivity index (χ2v) is 9.16. The lowest BCUT2D eigenvalue weighted by Gasteiger charge is -2.21. The number of anilines is 1. The van der Waals surface area contributed by atoms with E-state index in [4.69, 9.17) is 9.47 Å². The summed E-state index contributed by atoms with van der Waals surface area (Å²) in [5.41, 5.74) is 4.54. The lowest BCUT2D eigenvalue weighted by molar-refractivity contribution is -0.131. The number of hydrogen-bond acceptors (Lipinski definition) is 6. The van der Waals surface area contributed by atoms with E-state index in [0.29, 0.717) is 25.5 Å². The van der Waals surface area contributed by atoms with E-state index in [1.807, 2.05) is 68.6 Å². The lowest BCUT2D eigenvalue weighted by atomic mass is 10.1. The monoisotopic (exact) mass is 493 g/mol. The number of aromatic nitrogens is 1. The van der Waals surface area contributed by atoms with Gasteiger partial charge in [-0.25, -0.2) is 4.98 Å². The smallest absolute Gasteiger partial charge is 0.247 e. The standard InChI is InChI=1S/C27H31N3O4S/c1-19-7-5-10-25(20(19)2)29-26(31)16-30(13-14-33-4)27(32)12-11-22-8-6-9-24(15-22)34-17-23-18-35-21(3)28-23/h5-12,15,18H,13-14,16-17H2,1-4H3,(H,29,31)/b12-11+. The molecule has 0 unspecified atom stereocenters. The molecule has 0 saturated heterocycles. The highest BCUT2D eigenvalue weighted by molar-refractivity contribution is 7.09. The first-order chi connectivity index (χ1) is 16.9. The minimum Gasteiger partial charge on any atom is -0.487 e. The van der Waals surface area contributed by atoms with Gasteiger partial charge in [-0.3, -0.25) is 9.59 Å². The van der Waals surface area contributed by atoms with Gasteiger partial charge in [0.15, 0.2) is 0 Å². The highest BCUT2D eigenvalue weighted by atomic mass is 32.1. The number of carbonyl (C=O) groups is 2. The Balaban J connectivity index is 1.62. The Kier molecular flexibility index (Phi) is 9.57. The van der Waals surface area contributed by atoms with Crippen molar-refractivity contribution in [2.24, 2.45) is 0 Å². The number of nitrogens with one attached hydrogen (secondary N) is 1. The van der Waals surface area contributed by atoms with Crippen molar-refractivity contribution in [2.45, 2.75) is 27.4 Å². The van der Waals surface area contributed by atoms with Gasteiger partial charge < -0.3 is 19.7 Å². The van der Waals surface area contributed by atoms with Crippen molar-refractivity contribution in [1.29, 1.82) is 0 Å². The molecule has 0 bridgehead atoms. The van der Waals surface area contributed by atoms with Crippen LogP contribution in [0.15, 0.2) is 53.9 Å². The van der Waals surface area contributed by atoms with Crippen LogP contribution < -0.4 is 10.1 Å². The van der Waals surface area contributed by atoms with Crippen LogP contribution in [0.25, 0.3) is 6.08 Å². The largest absolute Gasteiger partial charge is 0.487 e. The van der Waals surface area contributed by atoms with Crippen LogP contribution in [0.3, 0.4) is 0 Å². The number of ether oxygens (including phenoxy) is 2. The number of rotatable bonds is 11. The first kappa shape index (κ1) is 26.1. The van der Waals surface area contributed by atoms with Crippen molar-refractivity contribution < 1.29 is 19.1 Å². The molecule has 3 rings (SSSR count). The molecule has 0 atom stereocenters. The average molecular weight is 494 g/mol. The summed E-state index contributed by atoms with van der Waals surface area (Å²) in [6.07, 6.45) is 3.17. The van der Waals surface area contributed by atoms with Gasteiger partial charge in [-0.1, -0.05) is 24.3 Å². The number of nitrogens with zero attached hydrogens (tertiary/aromatic N) is 2. The number of benzene rings is 2. The van der Waals surface area contributed by atoms with Crippen molar-refractivity contribution in [2.75, 3.05) is 32.1 Å². The first-order valence-corrected chi connectivity index (χ1v) is 12.2. The van der Waals surface area contributed by atoms with Crippen molar-refractivity contribution >= 4 is 34.9 Å². The molecule has 0 spiro atoms. The Morgan fingerprint density at radius 2 is 1.94 bits per heavy atom. The Morgan fingerprint density at radius 1 is 1.14 bits per heavy atom. The lowest BCUT2D eigenvalue weighted by Crippen LogP contribution is -2.39. The van der Waals surface area contributed by atoms with Crippen LogP contribution in [0.1, 0.15) is 27.4 Å². The molecule has 7 nitrogen and oxygen atoms in total. The van der Waals surface area contributed by atoms with Gasteiger partial charge in [-0.15, -0.1) is 11.3 Å². The van der Waals surface area contributed by atoms with E-state index < -0.39 is 0 Å². The maximum Gasteiger partial charge on any atom is 0.247 e. The molecule has 0 radical (unpaired) electrons. The molecule has 0 aliphatic rings. The van der Waals surface area contributed by atoms with Gasteiger partial charge in [0.1, 0.15) is 18.9 Å². The molecular weight excluding hydrogens is 462 g/mol. The number of amides is 2. The molecular formula is C27H31N3O4S.